The summed E-state index contributed by atoms with van der Waals surface area (Å²) >= 11 is 0. The second-order valence-corrected chi connectivity index (χ2v) is 3.05. The molecule has 0 bridgehead atoms. The van der Waals surface area contributed by atoms with Gasteiger partial charge in [-0.3, -0.25) is 0 Å². The molecule has 1 atom stereocenters. The zero-order valence-electron chi connectivity index (χ0n) is 8.13. The van der Waals surface area contributed by atoms with Crippen LogP contribution in [0, 0.1) is 5.92 Å². The molecule has 0 aromatic rings. The van der Waals surface area contributed by atoms with Crippen molar-refractivity contribution < 1.29 is 0 Å². The Bertz CT molecular complexity index is 142. The molecule has 1 rings (SSSR count). The van der Waals surface area contributed by atoms with Gasteiger partial charge in [0.1, 0.15) is 0 Å². The molecule has 0 spiro atoms. The molecule has 12 heavy (non-hydrogen) atoms. The SMILES string of the molecule is C=CC.C=CCC1C=CCCC1. The summed E-state index contributed by atoms with van der Waals surface area (Å²) in [7, 11) is 0. The smallest absolute Gasteiger partial charge is 0.0199 e. The highest BCUT2D eigenvalue weighted by molar-refractivity contribution is 4.95. The van der Waals surface area contributed by atoms with E-state index < -0.39 is 0 Å². The average molecular weight is 164 g/mol. The van der Waals surface area contributed by atoms with Crippen LogP contribution in [0.4, 0.5) is 0 Å². The Morgan fingerprint density at radius 2 is 2.17 bits per heavy atom. The Kier molecular flexibility index (Phi) is 7.78. The summed E-state index contributed by atoms with van der Waals surface area (Å²) in [4.78, 5) is 0. The molecule has 0 aromatic heterocycles. The first-order valence-corrected chi connectivity index (χ1v) is 4.69. The van der Waals surface area contributed by atoms with Crippen LogP contribution in [-0.2, 0) is 0 Å². The quantitative estimate of drug-likeness (QED) is 0.539. The first-order valence-electron chi connectivity index (χ1n) is 4.69. The first kappa shape index (κ1) is 11.2. The lowest BCUT2D eigenvalue weighted by Gasteiger charge is -2.12. The fourth-order valence-electron chi connectivity index (χ4n) is 1.29. The third-order valence-electron chi connectivity index (χ3n) is 1.82. The van der Waals surface area contributed by atoms with E-state index in [2.05, 4.69) is 25.3 Å². The molecule has 1 aliphatic rings. The van der Waals surface area contributed by atoms with Crippen LogP contribution in [0.2, 0.25) is 0 Å². The summed E-state index contributed by atoms with van der Waals surface area (Å²) < 4.78 is 0. The average Bonchev–Trinajstić information content (AvgIpc) is 2.08. The molecule has 0 heteroatoms. The maximum atomic E-state index is 3.72. The highest BCUT2D eigenvalue weighted by Crippen LogP contribution is 2.19. The van der Waals surface area contributed by atoms with Crippen LogP contribution >= 0.6 is 0 Å². The van der Waals surface area contributed by atoms with Crippen molar-refractivity contribution in [2.24, 2.45) is 5.92 Å². The fraction of sp³-hybridized carbons (Fsp3) is 0.500. The highest BCUT2D eigenvalue weighted by atomic mass is 14.1. The number of hydrogen-bond acceptors (Lipinski definition) is 0. The molecule has 1 unspecified atom stereocenters. The van der Waals surface area contributed by atoms with Crippen molar-refractivity contribution in [3.8, 4) is 0 Å². The molecule has 1 aliphatic carbocycles. The van der Waals surface area contributed by atoms with Gasteiger partial charge in [-0.2, -0.15) is 0 Å². The number of allylic oxidation sites excluding steroid dienone is 4. The lowest BCUT2D eigenvalue weighted by molar-refractivity contribution is 0.547. The van der Waals surface area contributed by atoms with E-state index in [0.717, 1.165) is 12.3 Å². The van der Waals surface area contributed by atoms with Gasteiger partial charge >= 0.3 is 0 Å². The minimum atomic E-state index is 0.802. The molecular weight excluding hydrogens is 144 g/mol. The lowest BCUT2D eigenvalue weighted by Crippen LogP contribution is -1.98. The molecule has 0 N–H and O–H groups in total. The van der Waals surface area contributed by atoms with E-state index in [1.165, 1.54) is 19.3 Å². The van der Waals surface area contributed by atoms with E-state index in [9.17, 15) is 0 Å². The molecule has 0 amide bonds. The van der Waals surface area contributed by atoms with E-state index in [4.69, 9.17) is 0 Å². The van der Waals surface area contributed by atoms with Crippen LogP contribution in [0.25, 0.3) is 0 Å². The van der Waals surface area contributed by atoms with Crippen molar-refractivity contribution in [2.75, 3.05) is 0 Å². The molecule has 0 nitrogen and oxygen atoms in total. The summed E-state index contributed by atoms with van der Waals surface area (Å²) in [6, 6.07) is 0. The van der Waals surface area contributed by atoms with Crippen molar-refractivity contribution >= 4 is 0 Å². The molecular formula is C12H20. The Morgan fingerprint density at radius 1 is 1.50 bits per heavy atom. The maximum absolute atomic E-state index is 3.72. The van der Waals surface area contributed by atoms with Crippen LogP contribution < -0.4 is 0 Å². The van der Waals surface area contributed by atoms with Crippen LogP contribution in [-0.4, -0.2) is 0 Å². The number of rotatable bonds is 2. The van der Waals surface area contributed by atoms with Crippen LogP contribution in [0.15, 0.2) is 37.5 Å². The standard InChI is InChI=1S/C9H14.C3H6/c1-2-6-9-7-4-3-5-8-9;1-3-2/h2,4,7,9H,1,3,5-6,8H2;3H,1H2,2H3. The van der Waals surface area contributed by atoms with Gasteiger partial charge in [0.15, 0.2) is 0 Å². The normalized spacial score (nSPS) is 20.6. The topological polar surface area (TPSA) is 0 Å². The molecule has 0 aromatic carbocycles. The van der Waals surface area contributed by atoms with Crippen molar-refractivity contribution in [1.82, 2.24) is 0 Å². The predicted octanol–water partition coefficient (Wildman–Crippen LogP) is 4.11. The van der Waals surface area contributed by atoms with Crippen LogP contribution in [0.1, 0.15) is 32.6 Å². The third-order valence-corrected chi connectivity index (χ3v) is 1.82. The van der Waals surface area contributed by atoms with Gasteiger partial charge in [-0.1, -0.05) is 24.3 Å². The Balaban J connectivity index is 0.000000354. The summed E-state index contributed by atoms with van der Waals surface area (Å²) in [5.41, 5.74) is 0. The fourth-order valence-corrected chi connectivity index (χ4v) is 1.29. The van der Waals surface area contributed by atoms with Gasteiger partial charge in [0, 0.05) is 0 Å². The summed E-state index contributed by atoms with van der Waals surface area (Å²) in [5.74, 6) is 0.802. The molecule has 0 aliphatic heterocycles. The largest absolute Gasteiger partial charge is 0.103 e. The van der Waals surface area contributed by atoms with Crippen molar-refractivity contribution in [2.45, 2.75) is 32.6 Å². The van der Waals surface area contributed by atoms with Gasteiger partial charge in [0.25, 0.3) is 0 Å². The van der Waals surface area contributed by atoms with Crippen LogP contribution in [0.5, 0.6) is 0 Å². The molecule has 0 saturated heterocycles. The minimum Gasteiger partial charge on any atom is -0.103 e. The van der Waals surface area contributed by atoms with Gasteiger partial charge in [0.2, 0.25) is 0 Å². The second kappa shape index (κ2) is 8.32. The predicted molar refractivity (Wildman–Crippen MR) is 57.2 cm³/mol. The summed E-state index contributed by atoms with van der Waals surface area (Å²) in [6.45, 7) is 8.97. The minimum absolute atomic E-state index is 0.802. The van der Waals surface area contributed by atoms with Crippen molar-refractivity contribution in [3.63, 3.8) is 0 Å². The number of hydrogen-bond donors (Lipinski definition) is 0. The monoisotopic (exact) mass is 164 g/mol. The van der Waals surface area contributed by atoms with E-state index in [1.54, 1.807) is 6.08 Å². The summed E-state index contributed by atoms with van der Waals surface area (Å²) in [5, 5.41) is 0. The molecule has 0 radical (unpaired) electrons. The van der Waals surface area contributed by atoms with Gasteiger partial charge < -0.3 is 0 Å². The zero-order valence-corrected chi connectivity index (χ0v) is 8.13. The lowest BCUT2D eigenvalue weighted by atomic mass is 9.93. The Labute approximate surface area is 76.7 Å². The van der Waals surface area contributed by atoms with Crippen molar-refractivity contribution in [3.05, 3.63) is 37.5 Å². The maximum Gasteiger partial charge on any atom is -0.0199 e. The van der Waals surface area contributed by atoms with Crippen molar-refractivity contribution in [1.29, 1.82) is 0 Å². The first-order chi connectivity index (χ1) is 5.85. The Morgan fingerprint density at radius 3 is 2.58 bits per heavy atom. The van der Waals surface area contributed by atoms with Gasteiger partial charge in [-0.15, -0.1) is 13.2 Å². The van der Waals surface area contributed by atoms with Gasteiger partial charge in [-0.25, -0.2) is 0 Å². The molecule has 0 saturated carbocycles. The molecule has 0 heterocycles. The van der Waals surface area contributed by atoms with Gasteiger partial charge in [-0.05, 0) is 38.5 Å². The third kappa shape index (κ3) is 5.96. The van der Waals surface area contributed by atoms with Crippen LogP contribution in [0.3, 0.4) is 0 Å². The Hall–Kier alpha value is -0.780. The second-order valence-electron chi connectivity index (χ2n) is 3.05. The highest BCUT2D eigenvalue weighted by Gasteiger charge is 2.04. The van der Waals surface area contributed by atoms with E-state index in [0.29, 0.717) is 0 Å². The zero-order chi connectivity index (χ0) is 9.23. The van der Waals surface area contributed by atoms with E-state index in [-0.39, 0.29) is 0 Å². The molecule has 68 valence electrons. The molecule has 0 fully saturated rings. The van der Waals surface area contributed by atoms with Gasteiger partial charge in [0.05, 0.1) is 0 Å². The van der Waals surface area contributed by atoms with E-state index in [1.807, 2.05) is 13.0 Å². The summed E-state index contributed by atoms with van der Waals surface area (Å²) in [6.07, 6.45) is 13.6. The van der Waals surface area contributed by atoms with E-state index >= 15 is 0 Å².